The van der Waals surface area contributed by atoms with E-state index in [0.29, 0.717) is 16.6 Å². The highest BCUT2D eigenvalue weighted by Gasteiger charge is 2.18. The van der Waals surface area contributed by atoms with E-state index in [1.165, 1.54) is 11.3 Å². The average Bonchev–Trinajstić information content (AvgIpc) is 2.97. The van der Waals surface area contributed by atoms with Gasteiger partial charge in [-0.25, -0.2) is 4.98 Å². The number of primary amides is 1. The molecule has 0 saturated heterocycles. The molecule has 0 bridgehead atoms. The molecule has 4 N–H and O–H groups in total. The highest BCUT2D eigenvalue weighted by atomic mass is 32.1. The maximum atomic E-state index is 11.8. The number of benzene rings is 2. The summed E-state index contributed by atoms with van der Waals surface area (Å²) >= 11 is 1.19. The van der Waals surface area contributed by atoms with Crippen molar-refractivity contribution < 1.29 is 9.59 Å². The Morgan fingerprint density at radius 3 is 2.64 bits per heavy atom. The fraction of sp³-hybridized carbons (Fsp3) is 0.167. The first kappa shape index (κ1) is 16.9. The number of rotatable bonds is 6. The predicted octanol–water partition coefficient (Wildman–Crippen LogP) is 3.88. The van der Waals surface area contributed by atoms with Crippen LogP contribution in [0.5, 0.6) is 0 Å². The van der Waals surface area contributed by atoms with E-state index >= 15 is 0 Å². The summed E-state index contributed by atoms with van der Waals surface area (Å²) in [5.41, 5.74) is 6.28. The lowest BCUT2D eigenvalue weighted by atomic mass is 10.1. The molecule has 3 aromatic rings. The Labute approximate surface area is 149 Å². The van der Waals surface area contributed by atoms with E-state index in [4.69, 9.17) is 5.73 Å². The van der Waals surface area contributed by atoms with Gasteiger partial charge < -0.3 is 16.4 Å². The molecule has 0 radical (unpaired) electrons. The number of carbonyl (C=O) groups excluding carboxylic acids is 2. The maximum Gasteiger partial charge on any atom is 0.270 e. The fourth-order valence-electron chi connectivity index (χ4n) is 2.43. The minimum Gasteiger partial charge on any atom is -0.364 e. The number of nitrogens with zero attached hydrogens (tertiary/aromatic N) is 1. The van der Waals surface area contributed by atoms with E-state index in [0.717, 1.165) is 22.9 Å². The second kappa shape index (κ2) is 7.31. The number of anilines is 3. The Morgan fingerprint density at radius 2 is 1.92 bits per heavy atom. The highest BCUT2D eigenvalue weighted by Crippen LogP contribution is 2.31. The van der Waals surface area contributed by atoms with Gasteiger partial charge in [-0.3, -0.25) is 9.59 Å². The van der Waals surface area contributed by atoms with Crippen LogP contribution in [0.1, 0.15) is 30.3 Å². The summed E-state index contributed by atoms with van der Waals surface area (Å²) < 4.78 is 0. The summed E-state index contributed by atoms with van der Waals surface area (Å²) in [5.74, 6) is -0.833. The summed E-state index contributed by atoms with van der Waals surface area (Å²) in [6, 6.07) is 14.0. The highest BCUT2D eigenvalue weighted by molar-refractivity contribution is 7.20. The lowest BCUT2D eigenvalue weighted by Gasteiger charge is -2.04. The summed E-state index contributed by atoms with van der Waals surface area (Å²) in [6.07, 6.45) is 1.10. The van der Waals surface area contributed by atoms with Crippen molar-refractivity contribution in [2.45, 2.75) is 19.8 Å². The molecule has 0 aliphatic carbocycles. The molecule has 6 nitrogen and oxygen atoms in total. The van der Waals surface area contributed by atoms with E-state index in [1.54, 1.807) is 0 Å². The minimum atomic E-state index is -0.672. The lowest BCUT2D eigenvalue weighted by Crippen LogP contribution is -2.17. The quantitative estimate of drug-likeness (QED) is 0.626. The molecule has 0 fully saturated rings. The van der Waals surface area contributed by atoms with Crippen molar-refractivity contribution in [3.05, 3.63) is 48.2 Å². The smallest absolute Gasteiger partial charge is 0.270 e. The van der Waals surface area contributed by atoms with Crippen LogP contribution in [0.15, 0.2) is 42.5 Å². The molecule has 0 saturated carbocycles. The van der Waals surface area contributed by atoms with Gasteiger partial charge in [-0.1, -0.05) is 48.6 Å². The van der Waals surface area contributed by atoms with E-state index in [1.807, 2.05) is 49.4 Å². The van der Waals surface area contributed by atoms with Crippen LogP contribution in [0, 0.1) is 0 Å². The third-order valence-corrected chi connectivity index (χ3v) is 4.48. The molecule has 2 aromatic carbocycles. The van der Waals surface area contributed by atoms with Crippen LogP contribution >= 0.6 is 11.3 Å². The molecule has 7 heteroatoms. The zero-order valence-corrected chi connectivity index (χ0v) is 14.5. The Kier molecular flexibility index (Phi) is 4.95. The fourth-order valence-corrected chi connectivity index (χ4v) is 3.34. The van der Waals surface area contributed by atoms with E-state index in [9.17, 15) is 9.59 Å². The van der Waals surface area contributed by atoms with Crippen LogP contribution in [-0.2, 0) is 4.79 Å². The van der Waals surface area contributed by atoms with Gasteiger partial charge in [0.2, 0.25) is 5.91 Å². The molecule has 0 aliphatic rings. The number of nitrogens with two attached hydrogens (primary N) is 1. The number of nitrogens with one attached hydrogen (secondary N) is 2. The molecule has 128 valence electrons. The van der Waals surface area contributed by atoms with Crippen LogP contribution in [0.3, 0.4) is 0 Å². The summed E-state index contributed by atoms with van der Waals surface area (Å²) in [4.78, 5) is 27.6. The topological polar surface area (TPSA) is 97.1 Å². The Balaban J connectivity index is 1.86. The van der Waals surface area contributed by atoms with Crippen molar-refractivity contribution in [3.8, 4) is 0 Å². The molecule has 0 atom stereocenters. The van der Waals surface area contributed by atoms with Gasteiger partial charge in [0, 0.05) is 12.1 Å². The SMILES string of the molecule is CCCC(=O)Nc1sc(Nc2ccc3ccccc3c2)nc1C(N)=O. The molecule has 0 unspecified atom stereocenters. The Hall–Kier alpha value is -2.93. The Bertz CT molecular complexity index is 936. The molecule has 2 amide bonds. The third-order valence-electron chi connectivity index (χ3n) is 3.59. The summed E-state index contributed by atoms with van der Waals surface area (Å²) in [6.45, 7) is 1.91. The van der Waals surface area contributed by atoms with E-state index < -0.39 is 5.91 Å². The number of aromatic nitrogens is 1. The van der Waals surface area contributed by atoms with Crippen molar-refractivity contribution in [1.29, 1.82) is 0 Å². The second-order valence-electron chi connectivity index (χ2n) is 5.55. The van der Waals surface area contributed by atoms with Crippen molar-refractivity contribution in [2.24, 2.45) is 5.73 Å². The van der Waals surface area contributed by atoms with Crippen molar-refractivity contribution in [2.75, 3.05) is 10.6 Å². The maximum absolute atomic E-state index is 11.8. The number of fused-ring (bicyclic) bond motifs is 1. The monoisotopic (exact) mass is 354 g/mol. The summed E-state index contributed by atoms with van der Waals surface area (Å²) in [7, 11) is 0. The molecule has 0 aliphatic heterocycles. The van der Waals surface area contributed by atoms with Crippen molar-refractivity contribution in [1.82, 2.24) is 4.98 Å². The van der Waals surface area contributed by atoms with Gasteiger partial charge in [0.05, 0.1) is 0 Å². The number of hydrogen-bond acceptors (Lipinski definition) is 5. The van der Waals surface area contributed by atoms with Gasteiger partial charge in [0.1, 0.15) is 5.00 Å². The lowest BCUT2D eigenvalue weighted by molar-refractivity contribution is -0.116. The van der Waals surface area contributed by atoms with E-state index in [-0.39, 0.29) is 11.6 Å². The molecule has 25 heavy (non-hydrogen) atoms. The molecule has 3 rings (SSSR count). The number of thiazole rings is 1. The molecular formula is C18H18N4O2S. The van der Waals surface area contributed by atoms with Gasteiger partial charge in [-0.15, -0.1) is 0 Å². The zero-order chi connectivity index (χ0) is 17.8. The largest absolute Gasteiger partial charge is 0.364 e. The van der Waals surface area contributed by atoms with Gasteiger partial charge in [-0.05, 0) is 29.3 Å². The molecule has 1 heterocycles. The first-order valence-electron chi connectivity index (χ1n) is 7.93. The van der Waals surface area contributed by atoms with Gasteiger partial charge >= 0.3 is 0 Å². The second-order valence-corrected chi connectivity index (χ2v) is 6.55. The van der Waals surface area contributed by atoms with Crippen LogP contribution in [0.2, 0.25) is 0 Å². The van der Waals surface area contributed by atoms with Gasteiger partial charge in [0.25, 0.3) is 5.91 Å². The number of carbonyl (C=O) groups is 2. The number of hydrogen-bond donors (Lipinski definition) is 3. The van der Waals surface area contributed by atoms with E-state index in [2.05, 4.69) is 15.6 Å². The zero-order valence-electron chi connectivity index (χ0n) is 13.7. The molecule has 1 aromatic heterocycles. The molecule has 0 spiro atoms. The Morgan fingerprint density at radius 1 is 1.16 bits per heavy atom. The average molecular weight is 354 g/mol. The van der Waals surface area contributed by atoms with Crippen molar-refractivity contribution >= 4 is 49.7 Å². The van der Waals surface area contributed by atoms with Gasteiger partial charge in [0.15, 0.2) is 10.8 Å². The number of amides is 2. The standard InChI is InChI=1S/C18H18N4O2S/c1-2-5-14(23)21-17-15(16(19)24)22-18(25-17)20-13-9-8-11-6-3-4-7-12(11)10-13/h3-4,6-10H,2,5H2,1H3,(H2,19,24)(H,20,22)(H,21,23). The van der Waals surface area contributed by atoms with Crippen LogP contribution in [0.4, 0.5) is 15.8 Å². The van der Waals surface area contributed by atoms with Gasteiger partial charge in [-0.2, -0.15) is 0 Å². The third kappa shape index (κ3) is 3.95. The predicted molar refractivity (Wildman–Crippen MR) is 101 cm³/mol. The normalized spacial score (nSPS) is 10.6. The van der Waals surface area contributed by atoms with Crippen LogP contribution in [-0.4, -0.2) is 16.8 Å². The van der Waals surface area contributed by atoms with Crippen LogP contribution < -0.4 is 16.4 Å². The first-order valence-corrected chi connectivity index (χ1v) is 8.74. The minimum absolute atomic E-state index is 0.0674. The molecular weight excluding hydrogens is 336 g/mol. The summed E-state index contributed by atoms with van der Waals surface area (Å²) in [5, 5.41) is 8.97. The first-order chi connectivity index (χ1) is 12.1. The van der Waals surface area contributed by atoms with Crippen molar-refractivity contribution in [3.63, 3.8) is 0 Å². The van der Waals surface area contributed by atoms with Crippen LogP contribution in [0.25, 0.3) is 10.8 Å².